The zero-order valence-electron chi connectivity index (χ0n) is 9.43. The van der Waals surface area contributed by atoms with E-state index >= 15 is 0 Å². The van der Waals surface area contributed by atoms with Gasteiger partial charge in [0.1, 0.15) is 10.7 Å². The Morgan fingerprint density at radius 1 is 1.21 bits per heavy atom. The molecule has 0 aliphatic carbocycles. The fraction of sp³-hybridized carbons (Fsp3) is 0. The van der Waals surface area contributed by atoms with Gasteiger partial charge in [0.15, 0.2) is 11.6 Å². The van der Waals surface area contributed by atoms with Crippen LogP contribution in [0.2, 0.25) is 0 Å². The van der Waals surface area contributed by atoms with Gasteiger partial charge in [0.2, 0.25) is 0 Å². The number of carbonyl (C=O) groups is 1. The van der Waals surface area contributed by atoms with Crippen molar-refractivity contribution in [2.45, 2.75) is 9.92 Å². The second-order valence-electron chi connectivity index (χ2n) is 3.57. The molecule has 3 N–H and O–H groups in total. The van der Waals surface area contributed by atoms with Crippen LogP contribution in [-0.4, -0.2) is 16.1 Å². The highest BCUT2D eigenvalue weighted by Gasteiger charge is 2.11. The standard InChI is InChI=1S/C12H8F2N2O2S/c13-7-2-1-6(5-8(7)14)19-11-9(15)3-4-10(16-11)12(17)18/h1-5H,15H2,(H,17,18). The van der Waals surface area contributed by atoms with E-state index in [1.54, 1.807) is 0 Å². The van der Waals surface area contributed by atoms with Crippen LogP contribution >= 0.6 is 11.8 Å². The summed E-state index contributed by atoms with van der Waals surface area (Å²) in [6.45, 7) is 0. The number of aromatic carboxylic acids is 1. The topological polar surface area (TPSA) is 76.2 Å². The summed E-state index contributed by atoms with van der Waals surface area (Å²) in [7, 11) is 0. The van der Waals surface area contributed by atoms with Crippen LogP contribution in [0, 0.1) is 11.6 Å². The van der Waals surface area contributed by atoms with E-state index in [-0.39, 0.29) is 16.4 Å². The Kier molecular flexibility index (Phi) is 3.66. The van der Waals surface area contributed by atoms with Gasteiger partial charge in [0.05, 0.1) is 5.69 Å². The number of hydrogen-bond acceptors (Lipinski definition) is 4. The predicted molar refractivity (Wildman–Crippen MR) is 66.1 cm³/mol. The van der Waals surface area contributed by atoms with E-state index in [1.165, 1.54) is 18.2 Å². The highest BCUT2D eigenvalue weighted by atomic mass is 32.2. The summed E-state index contributed by atoms with van der Waals surface area (Å²) in [4.78, 5) is 15.0. The van der Waals surface area contributed by atoms with Crippen molar-refractivity contribution in [1.29, 1.82) is 0 Å². The Hall–Kier alpha value is -2.15. The van der Waals surface area contributed by atoms with E-state index in [0.29, 0.717) is 4.90 Å². The van der Waals surface area contributed by atoms with Crippen molar-refractivity contribution in [2.24, 2.45) is 0 Å². The summed E-state index contributed by atoms with van der Waals surface area (Å²) >= 11 is 0.963. The molecule has 19 heavy (non-hydrogen) atoms. The van der Waals surface area contributed by atoms with Crippen LogP contribution in [0.25, 0.3) is 0 Å². The predicted octanol–water partition coefficient (Wildman–Crippen LogP) is 2.79. The summed E-state index contributed by atoms with van der Waals surface area (Å²) in [6, 6.07) is 6.01. The van der Waals surface area contributed by atoms with Gasteiger partial charge in [-0.1, -0.05) is 11.8 Å². The van der Waals surface area contributed by atoms with Crippen LogP contribution in [0.15, 0.2) is 40.3 Å². The van der Waals surface area contributed by atoms with Crippen LogP contribution in [0.5, 0.6) is 0 Å². The SMILES string of the molecule is Nc1ccc(C(=O)O)nc1Sc1ccc(F)c(F)c1. The summed E-state index contributed by atoms with van der Waals surface area (Å²) in [6.07, 6.45) is 0. The lowest BCUT2D eigenvalue weighted by molar-refractivity contribution is 0.0690. The maximum absolute atomic E-state index is 13.1. The van der Waals surface area contributed by atoms with Crippen molar-refractivity contribution in [3.05, 3.63) is 47.7 Å². The number of nitrogen functional groups attached to an aromatic ring is 1. The zero-order valence-corrected chi connectivity index (χ0v) is 10.2. The molecule has 0 saturated heterocycles. The lowest BCUT2D eigenvalue weighted by Gasteiger charge is -2.05. The van der Waals surface area contributed by atoms with Crippen molar-refractivity contribution in [3.8, 4) is 0 Å². The third-order valence-corrected chi connectivity index (χ3v) is 3.22. The Morgan fingerprint density at radius 2 is 1.95 bits per heavy atom. The molecule has 4 nitrogen and oxygen atoms in total. The Balaban J connectivity index is 2.34. The number of carboxylic acid groups (broad SMARTS) is 1. The molecular weight excluding hydrogens is 274 g/mol. The van der Waals surface area contributed by atoms with Gasteiger partial charge in [-0.2, -0.15) is 0 Å². The van der Waals surface area contributed by atoms with Crippen LogP contribution in [0.3, 0.4) is 0 Å². The maximum atomic E-state index is 13.1. The molecule has 0 spiro atoms. The highest BCUT2D eigenvalue weighted by molar-refractivity contribution is 7.99. The van der Waals surface area contributed by atoms with E-state index < -0.39 is 17.6 Å². The van der Waals surface area contributed by atoms with E-state index in [4.69, 9.17) is 10.8 Å². The molecule has 1 aromatic carbocycles. The molecule has 0 saturated carbocycles. The molecule has 0 amide bonds. The Morgan fingerprint density at radius 3 is 2.58 bits per heavy atom. The highest BCUT2D eigenvalue weighted by Crippen LogP contribution is 2.31. The van der Waals surface area contributed by atoms with E-state index in [1.807, 2.05) is 0 Å². The summed E-state index contributed by atoms with van der Waals surface area (Å²) in [5.74, 6) is -3.13. The monoisotopic (exact) mass is 282 g/mol. The van der Waals surface area contributed by atoms with E-state index in [9.17, 15) is 13.6 Å². The molecule has 1 aromatic heterocycles. The van der Waals surface area contributed by atoms with Crippen molar-refractivity contribution in [1.82, 2.24) is 4.98 Å². The summed E-state index contributed by atoms with van der Waals surface area (Å²) in [5.41, 5.74) is 5.76. The summed E-state index contributed by atoms with van der Waals surface area (Å²) < 4.78 is 25.8. The first-order chi connectivity index (χ1) is 8.97. The number of hydrogen-bond donors (Lipinski definition) is 2. The van der Waals surface area contributed by atoms with Gasteiger partial charge in [-0.15, -0.1) is 0 Å². The summed E-state index contributed by atoms with van der Waals surface area (Å²) in [5, 5.41) is 9.05. The van der Waals surface area contributed by atoms with Gasteiger partial charge >= 0.3 is 5.97 Å². The Labute approximate surface area is 111 Å². The molecule has 0 unspecified atom stereocenters. The van der Waals surface area contributed by atoms with Gasteiger partial charge in [0.25, 0.3) is 0 Å². The number of pyridine rings is 1. The first-order valence-corrected chi connectivity index (χ1v) is 5.92. The smallest absolute Gasteiger partial charge is 0.354 e. The van der Waals surface area contributed by atoms with Crippen LogP contribution in [0.1, 0.15) is 10.5 Å². The second-order valence-corrected chi connectivity index (χ2v) is 4.64. The average molecular weight is 282 g/mol. The third-order valence-electron chi connectivity index (χ3n) is 2.21. The molecule has 0 atom stereocenters. The van der Waals surface area contributed by atoms with Crippen LogP contribution in [-0.2, 0) is 0 Å². The number of benzene rings is 1. The van der Waals surface area contributed by atoms with Gasteiger partial charge in [-0.05, 0) is 30.3 Å². The second kappa shape index (κ2) is 5.23. The van der Waals surface area contributed by atoms with Crippen molar-refractivity contribution < 1.29 is 18.7 Å². The molecule has 1 heterocycles. The molecule has 0 aliphatic heterocycles. The van der Waals surface area contributed by atoms with E-state index in [0.717, 1.165) is 23.9 Å². The molecule has 0 fully saturated rings. The van der Waals surface area contributed by atoms with Crippen molar-refractivity contribution in [2.75, 3.05) is 5.73 Å². The molecule has 0 bridgehead atoms. The Bertz CT molecular complexity index is 650. The van der Waals surface area contributed by atoms with Gasteiger partial charge < -0.3 is 10.8 Å². The number of anilines is 1. The van der Waals surface area contributed by atoms with E-state index in [2.05, 4.69) is 4.98 Å². The number of nitrogens with zero attached hydrogens (tertiary/aromatic N) is 1. The first kappa shape index (κ1) is 13.3. The molecule has 7 heteroatoms. The van der Waals surface area contributed by atoms with Crippen molar-refractivity contribution >= 4 is 23.4 Å². The maximum Gasteiger partial charge on any atom is 0.354 e. The fourth-order valence-electron chi connectivity index (χ4n) is 1.30. The number of nitrogens with two attached hydrogens (primary N) is 1. The lowest BCUT2D eigenvalue weighted by Crippen LogP contribution is -2.02. The number of aromatic nitrogens is 1. The van der Waals surface area contributed by atoms with Crippen LogP contribution in [0.4, 0.5) is 14.5 Å². The van der Waals surface area contributed by atoms with Gasteiger partial charge in [-0.25, -0.2) is 18.6 Å². The zero-order chi connectivity index (χ0) is 14.0. The molecular formula is C12H8F2N2O2S. The number of carboxylic acids is 1. The van der Waals surface area contributed by atoms with Gasteiger partial charge in [0, 0.05) is 4.90 Å². The molecule has 2 rings (SSSR count). The minimum Gasteiger partial charge on any atom is -0.477 e. The molecule has 0 aliphatic rings. The largest absolute Gasteiger partial charge is 0.477 e. The third kappa shape index (κ3) is 3.00. The fourth-order valence-corrected chi connectivity index (χ4v) is 2.16. The number of halogens is 2. The number of rotatable bonds is 3. The lowest BCUT2D eigenvalue weighted by atomic mass is 10.3. The van der Waals surface area contributed by atoms with Crippen LogP contribution < -0.4 is 5.73 Å². The van der Waals surface area contributed by atoms with Crippen molar-refractivity contribution in [3.63, 3.8) is 0 Å². The molecule has 98 valence electrons. The minimum atomic E-state index is -1.19. The molecule has 2 aromatic rings. The first-order valence-electron chi connectivity index (χ1n) is 5.10. The molecule has 0 radical (unpaired) electrons. The quantitative estimate of drug-likeness (QED) is 0.905. The average Bonchev–Trinajstić information content (AvgIpc) is 2.36. The minimum absolute atomic E-state index is 0.167. The van der Waals surface area contributed by atoms with Gasteiger partial charge in [-0.3, -0.25) is 0 Å². The normalized spacial score (nSPS) is 10.4.